The fourth-order valence-corrected chi connectivity index (χ4v) is 5.64. The van der Waals surface area contributed by atoms with E-state index in [1.54, 1.807) is 24.3 Å². The minimum absolute atomic E-state index is 0.120. The van der Waals surface area contributed by atoms with Gasteiger partial charge in [0.2, 0.25) is 9.47 Å². The Bertz CT molecular complexity index is 949. The van der Waals surface area contributed by atoms with Gasteiger partial charge in [0.15, 0.2) is 0 Å². The maximum absolute atomic E-state index is 12.5. The van der Waals surface area contributed by atoms with E-state index in [9.17, 15) is 13.2 Å². The monoisotopic (exact) mass is 471 g/mol. The Morgan fingerprint density at radius 1 is 1.27 bits per heavy atom. The van der Waals surface area contributed by atoms with E-state index in [1.807, 2.05) is 0 Å². The van der Waals surface area contributed by atoms with E-state index in [4.69, 9.17) is 11.6 Å². The fraction of sp³-hybridized carbons (Fsp3) is 0.526. The van der Waals surface area contributed by atoms with E-state index in [0.29, 0.717) is 23.2 Å². The number of rotatable bonds is 9. The van der Waals surface area contributed by atoms with Gasteiger partial charge in [0.05, 0.1) is 0 Å². The lowest BCUT2D eigenvalue weighted by molar-refractivity contribution is 0.102. The van der Waals surface area contributed by atoms with Crippen molar-refractivity contribution in [2.75, 3.05) is 25.0 Å². The van der Waals surface area contributed by atoms with Crippen molar-refractivity contribution >= 4 is 44.0 Å². The lowest BCUT2D eigenvalue weighted by Crippen LogP contribution is -2.40. The molecule has 1 aromatic carbocycles. The highest BCUT2D eigenvalue weighted by Gasteiger charge is 2.22. The SMILES string of the molecule is CCC1CCCCN1CCCNS(=O)(=O)c1nnc(NC(=O)c2ccc(Cl)cc2)s1. The summed E-state index contributed by atoms with van der Waals surface area (Å²) in [5.74, 6) is -0.410. The first-order chi connectivity index (χ1) is 14.4. The van der Waals surface area contributed by atoms with Gasteiger partial charge in [0.25, 0.3) is 15.9 Å². The largest absolute Gasteiger partial charge is 0.300 e. The molecule has 2 aromatic rings. The molecular formula is C19H26ClN5O3S2. The molecule has 8 nitrogen and oxygen atoms in total. The number of carbonyl (C=O) groups excluding carboxylic acids is 1. The molecule has 1 aromatic heterocycles. The number of halogens is 1. The maximum atomic E-state index is 12.5. The Kier molecular flexibility index (Phi) is 8.18. The van der Waals surface area contributed by atoms with Crippen LogP contribution in [-0.4, -0.2) is 55.1 Å². The summed E-state index contributed by atoms with van der Waals surface area (Å²) < 4.78 is 27.3. The van der Waals surface area contributed by atoms with Gasteiger partial charge in [0.1, 0.15) is 0 Å². The van der Waals surface area contributed by atoms with Crippen molar-refractivity contribution in [3.8, 4) is 0 Å². The van der Waals surface area contributed by atoms with Crippen LogP contribution in [0.1, 0.15) is 49.4 Å². The highest BCUT2D eigenvalue weighted by Crippen LogP contribution is 2.21. The Morgan fingerprint density at radius 2 is 2.03 bits per heavy atom. The van der Waals surface area contributed by atoms with Crippen LogP contribution >= 0.6 is 22.9 Å². The smallest absolute Gasteiger partial charge is 0.269 e. The topological polar surface area (TPSA) is 104 Å². The van der Waals surface area contributed by atoms with Crippen molar-refractivity contribution in [2.45, 2.75) is 49.4 Å². The van der Waals surface area contributed by atoms with Gasteiger partial charge in [-0.25, -0.2) is 13.1 Å². The van der Waals surface area contributed by atoms with Crippen molar-refractivity contribution in [3.63, 3.8) is 0 Å². The molecule has 2 heterocycles. The summed E-state index contributed by atoms with van der Waals surface area (Å²) in [4.78, 5) is 14.7. The van der Waals surface area contributed by atoms with E-state index in [2.05, 4.69) is 32.1 Å². The molecule has 30 heavy (non-hydrogen) atoms. The zero-order valence-electron chi connectivity index (χ0n) is 16.8. The van der Waals surface area contributed by atoms with Crippen molar-refractivity contribution in [1.29, 1.82) is 0 Å². The van der Waals surface area contributed by atoms with Crippen molar-refractivity contribution in [1.82, 2.24) is 19.8 Å². The number of carbonyl (C=O) groups is 1. The number of hydrogen-bond donors (Lipinski definition) is 2. The average molecular weight is 472 g/mol. The molecular weight excluding hydrogens is 446 g/mol. The zero-order chi connectivity index (χ0) is 21.6. The third-order valence-corrected chi connectivity index (χ3v) is 8.02. The molecule has 0 saturated carbocycles. The number of nitrogens with zero attached hydrogens (tertiary/aromatic N) is 3. The van der Waals surface area contributed by atoms with Crippen LogP contribution in [-0.2, 0) is 10.0 Å². The summed E-state index contributed by atoms with van der Waals surface area (Å²) in [6.45, 7) is 4.49. The van der Waals surface area contributed by atoms with Crippen molar-refractivity contribution in [3.05, 3.63) is 34.9 Å². The molecule has 11 heteroatoms. The summed E-state index contributed by atoms with van der Waals surface area (Å²) >= 11 is 6.63. The minimum Gasteiger partial charge on any atom is -0.300 e. The van der Waals surface area contributed by atoms with Crippen molar-refractivity contribution < 1.29 is 13.2 Å². The standard InChI is InChI=1S/C19H26ClN5O3S2/c1-2-16-6-3-4-12-25(16)13-5-11-21-30(27,28)19-24-23-18(29-19)22-17(26)14-7-9-15(20)10-8-14/h7-10,16,21H,2-6,11-13H2,1H3,(H,22,23,26). The molecule has 2 N–H and O–H groups in total. The number of benzene rings is 1. The predicted molar refractivity (Wildman–Crippen MR) is 119 cm³/mol. The second-order valence-corrected chi connectivity index (χ2v) is 10.5. The third-order valence-electron chi connectivity index (χ3n) is 5.10. The maximum Gasteiger partial charge on any atom is 0.269 e. The molecule has 1 aliphatic heterocycles. The van der Waals surface area contributed by atoms with E-state index in [1.165, 1.54) is 19.3 Å². The molecule has 1 unspecified atom stereocenters. The molecule has 0 spiro atoms. The normalized spacial score (nSPS) is 17.7. The van der Waals surface area contributed by atoms with E-state index >= 15 is 0 Å². The van der Waals surface area contributed by atoms with Crippen LogP contribution in [0.2, 0.25) is 5.02 Å². The number of aromatic nitrogens is 2. The number of piperidine rings is 1. The van der Waals surface area contributed by atoms with Crippen LogP contribution in [0.4, 0.5) is 5.13 Å². The first kappa shape index (κ1) is 23.1. The lowest BCUT2D eigenvalue weighted by atomic mass is 10.00. The predicted octanol–water partition coefficient (Wildman–Crippen LogP) is 3.38. The molecule has 1 fully saturated rings. The Morgan fingerprint density at radius 3 is 2.77 bits per heavy atom. The number of sulfonamides is 1. The quantitative estimate of drug-likeness (QED) is 0.429. The molecule has 0 bridgehead atoms. The second kappa shape index (κ2) is 10.6. The van der Waals surface area contributed by atoms with Gasteiger partial charge in [-0.3, -0.25) is 10.1 Å². The van der Waals surface area contributed by atoms with Gasteiger partial charge in [-0.1, -0.05) is 36.3 Å². The molecule has 0 aliphatic carbocycles. The number of nitrogens with one attached hydrogen (secondary N) is 2. The molecule has 164 valence electrons. The van der Waals surface area contributed by atoms with Gasteiger partial charge in [0, 0.05) is 23.2 Å². The van der Waals surface area contributed by atoms with Gasteiger partial charge < -0.3 is 4.90 Å². The summed E-state index contributed by atoms with van der Waals surface area (Å²) in [5, 5.41) is 10.7. The first-order valence-electron chi connectivity index (χ1n) is 10.0. The van der Waals surface area contributed by atoms with E-state index in [0.717, 1.165) is 37.3 Å². The van der Waals surface area contributed by atoms with Gasteiger partial charge in [-0.15, -0.1) is 10.2 Å². The number of likely N-dealkylation sites (tertiary alicyclic amines) is 1. The molecule has 1 atom stereocenters. The molecule has 1 saturated heterocycles. The first-order valence-corrected chi connectivity index (χ1v) is 12.7. The molecule has 3 rings (SSSR count). The van der Waals surface area contributed by atoms with Crippen LogP contribution in [0.3, 0.4) is 0 Å². The highest BCUT2D eigenvalue weighted by atomic mass is 35.5. The Labute approximate surface area is 186 Å². The zero-order valence-corrected chi connectivity index (χ0v) is 19.2. The van der Waals surface area contributed by atoms with Crippen LogP contribution in [0.25, 0.3) is 0 Å². The van der Waals surface area contributed by atoms with Crippen LogP contribution in [0.5, 0.6) is 0 Å². The molecule has 0 radical (unpaired) electrons. The number of hydrogen-bond acceptors (Lipinski definition) is 7. The summed E-state index contributed by atoms with van der Waals surface area (Å²) in [6, 6.07) is 6.95. The minimum atomic E-state index is -3.76. The molecule has 1 amide bonds. The third kappa shape index (κ3) is 6.21. The van der Waals surface area contributed by atoms with Crippen molar-refractivity contribution in [2.24, 2.45) is 0 Å². The Hall–Kier alpha value is -1.59. The van der Waals surface area contributed by atoms with Crippen LogP contribution in [0.15, 0.2) is 28.6 Å². The van der Waals surface area contributed by atoms with Gasteiger partial charge in [-0.2, -0.15) is 0 Å². The fourth-order valence-electron chi connectivity index (χ4n) is 3.51. The summed E-state index contributed by atoms with van der Waals surface area (Å²) in [6.07, 6.45) is 5.56. The number of amides is 1. The average Bonchev–Trinajstić information content (AvgIpc) is 3.21. The summed E-state index contributed by atoms with van der Waals surface area (Å²) in [7, 11) is -3.76. The number of anilines is 1. The Balaban J connectivity index is 1.49. The molecule has 1 aliphatic rings. The summed E-state index contributed by atoms with van der Waals surface area (Å²) in [5.41, 5.74) is 0.389. The van der Waals surface area contributed by atoms with E-state index < -0.39 is 15.9 Å². The van der Waals surface area contributed by atoms with Crippen LogP contribution < -0.4 is 10.0 Å². The highest BCUT2D eigenvalue weighted by molar-refractivity contribution is 7.91. The van der Waals surface area contributed by atoms with Crippen LogP contribution in [0, 0.1) is 0 Å². The van der Waals surface area contributed by atoms with E-state index in [-0.39, 0.29) is 9.47 Å². The van der Waals surface area contributed by atoms with Gasteiger partial charge >= 0.3 is 0 Å². The lowest BCUT2D eigenvalue weighted by Gasteiger charge is -2.35. The van der Waals surface area contributed by atoms with Gasteiger partial charge in [-0.05, 0) is 63.0 Å². The second-order valence-electron chi connectivity index (χ2n) is 7.18.